The third-order valence-electron chi connectivity index (χ3n) is 2.97. The number of nitrogens with zero attached hydrogens (tertiary/aromatic N) is 1. The van der Waals surface area contributed by atoms with Crippen molar-refractivity contribution in [2.24, 2.45) is 10.9 Å². The second-order valence-corrected chi connectivity index (χ2v) is 5.54. The number of anilines is 1. The zero-order chi connectivity index (χ0) is 14.7. The van der Waals surface area contributed by atoms with Gasteiger partial charge in [0.2, 0.25) is 0 Å². The fourth-order valence-electron chi connectivity index (χ4n) is 1.93. The summed E-state index contributed by atoms with van der Waals surface area (Å²) in [6.07, 6.45) is 1.83. The average molecular weight is 294 g/mol. The zero-order valence-electron chi connectivity index (χ0n) is 10.6. The molecule has 1 aliphatic heterocycles. The van der Waals surface area contributed by atoms with Crippen LogP contribution >= 0.6 is 11.8 Å². The smallest absolute Gasteiger partial charge is 0.312 e. The minimum Gasteiger partial charge on any atom is -0.481 e. The summed E-state index contributed by atoms with van der Waals surface area (Å²) >= 11 is 1.36. The van der Waals surface area contributed by atoms with E-state index in [1.165, 1.54) is 18.0 Å². The lowest BCUT2D eigenvalue weighted by atomic mass is 9.96. The number of thioether (sulfide) groups is 1. The van der Waals surface area contributed by atoms with Crippen LogP contribution in [0, 0.1) is 5.92 Å². The van der Waals surface area contributed by atoms with Crippen molar-refractivity contribution in [3.8, 4) is 0 Å². The molecule has 2 rings (SSSR count). The highest BCUT2D eigenvalue weighted by Gasteiger charge is 2.23. The van der Waals surface area contributed by atoms with Crippen LogP contribution in [0.15, 0.2) is 22.0 Å². The van der Waals surface area contributed by atoms with Gasteiger partial charge in [0.05, 0.1) is 23.7 Å². The van der Waals surface area contributed by atoms with Crippen LogP contribution in [-0.2, 0) is 16.0 Å². The lowest BCUT2D eigenvalue weighted by Crippen LogP contribution is -2.20. The molecular weight excluding hydrogens is 280 g/mol. The van der Waals surface area contributed by atoms with Gasteiger partial charge >= 0.3 is 11.9 Å². The highest BCUT2D eigenvalue weighted by molar-refractivity contribution is 7.99. The molecule has 0 fully saturated rings. The Kier molecular flexibility index (Phi) is 4.29. The number of benzene rings is 1. The van der Waals surface area contributed by atoms with E-state index in [2.05, 4.69) is 4.99 Å². The third kappa shape index (κ3) is 3.11. The minimum atomic E-state index is -0.905. The van der Waals surface area contributed by atoms with Gasteiger partial charge in [-0.2, -0.15) is 0 Å². The van der Waals surface area contributed by atoms with Crippen LogP contribution in [0.3, 0.4) is 0 Å². The average Bonchev–Trinajstić information content (AvgIpc) is 2.40. The van der Waals surface area contributed by atoms with E-state index in [4.69, 9.17) is 15.9 Å². The van der Waals surface area contributed by atoms with E-state index < -0.39 is 17.9 Å². The zero-order valence-corrected chi connectivity index (χ0v) is 11.4. The molecule has 20 heavy (non-hydrogen) atoms. The molecule has 0 radical (unpaired) electrons. The first-order chi connectivity index (χ1) is 9.49. The first kappa shape index (κ1) is 14.4. The SMILES string of the molecule is Nc1c(SCCC(=O)O)ccc2c1N=CC(C(=O)O)C2. The number of carboxylic acids is 2. The number of aliphatic carboxylic acids is 2. The molecule has 1 aromatic rings. The predicted molar refractivity (Wildman–Crippen MR) is 76.8 cm³/mol. The van der Waals surface area contributed by atoms with Gasteiger partial charge in [0, 0.05) is 16.9 Å². The summed E-state index contributed by atoms with van der Waals surface area (Å²) in [5, 5.41) is 17.6. The molecule has 1 aromatic carbocycles. The second-order valence-electron chi connectivity index (χ2n) is 4.40. The van der Waals surface area contributed by atoms with Gasteiger partial charge in [-0.15, -0.1) is 11.8 Å². The Morgan fingerprint density at radius 2 is 2.15 bits per heavy atom. The largest absolute Gasteiger partial charge is 0.481 e. The molecule has 0 spiro atoms. The maximum absolute atomic E-state index is 10.9. The van der Waals surface area contributed by atoms with Gasteiger partial charge in [-0.3, -0.25) is 14.6 Å². The van der Waals surface area contributed by atoms with Crippen LogP contribution in [0.4, 0.5) is 11.4 Å². The van der Waals surface area contributed by atoms with Crippen LogP contribution in [0.1, 0.15) is 12.0 Å². The molecule has 0 saturated carbocycles. The summed E-state index contributed by atoms with van der Waals surface area (Å²) in [7, 11) is 0. The number of nitrogens with two attached hydrogens (primary N) is 1. The molecule has 6 nitrogen and oxygen atoms in total. The fourth-order valence-corrected chi connectivity index (χ4v) is 2.84. The van der Waals surface area contributed by atoms with Gasteiger partial charge in [-0.25, -0.2) is 0 Å². The molecule has 0 saturated heterocycles. The summed E-state index contributed by atoms with van der Waals surface area (Å²) in [6.45, 7) is 0. The van der Waals surface area contributed by atoms with E-state index in [9.17, 15) is 9.59 Å². The second kappa shape index (κ2) is 5.96. The summed E-state index contributed by atoms with van der Waals surface area (Å²) in [5.41, 5.74) is 7.90. The summed E-state index contributed by atoms with van der Waals surface area (Å²) in [5.74, 6) is -1.94. The van der Waals surface area contributed by atoms with Gasteiger partial charge < -0.3 is 15.9 Å². The first-order valence-electron chi connectivity index (χ1n) is 6.02. The molecule has 1 atom stereocenters. The summed E-state index contributed by atoms with van der Waals surface area (Å²) < 4.78 is 0. The molecular formula is C13H14N2O4S. The van der Waals surface area contributed by atoms with E-state index in [0.717, 1.165) is 10.5 Å². The predicted octanol–water partition coefficient (Wildman–Crippen LogP) is 1.79. The number of fused-ring (bicyclic) bond motifs is 1. The molecule has 1 unspecified atom stereocenters. The number of hydrogen-bond donors (Lipinski definition) is 3. The highest BCUT2D eigenvalue weighted by Crippen LogP contribution is 2.38. The Hall–Kier alpha value is -2.02. The molecule has 4 N–H and O–H groups in total. The molecule has 0 aliphatic carbocycles. The van der Waals surface area contributed by atoms with E-state index in [-0.39, 0.29) is 6.42 Å². The monoisotopic (exact) mass is 294 g/mol. The highest BCUT2D eigenvalue weighted by atomic mass is 32.2. The Morgan fingerprint density at radius 3 is 2.80 bits per heavy atom. The molecule has 0 bridgehead atoms. The fraction of sp³-hybridized carbons (Fsp3) is 0.308. The lowest BCUT2D eigenvalue weighted by molar-refractivity contribution is -0.139. The molecule has 7 heteroatoms. The number of carbonyl (C=O) groups is 2. The van der Waals surface area contributed by atoms with Crippen LogP contribution in [0.5, 0.6) is 0 Å². The van der Waals surface area contributed by atoms with Crippen molar-refractivity contribution in [2.45, 2.75) is 17.7 Å². The van der Waals surface area contributed by atoms with Crippen molar-refractivity contribution in [3.05, 3.63) is 17.7 Å². The Labute approximate surface area is 119 Å². The van der Waals surface area contributed by atoms with Crippen molar-refractivity contribution in [1.82, 2.24) is 0 Å². The van der Waals surface area contributed by atoms with E-state index >= 15 is 0 Å². The maximum Gasteiger partial charge on any atom is 0.312 e. The molecule has 1 heterocycles. The van der Waals surface area contributed by atoms with Crippen LogP contribution < -0.4 is 5.73 Å². The van der Waals surface area contributed by atoms with Crippen molar-refractivity contribution in [3.63, 3.8) is 0 Å². The lowest BCUT2D eigenvalue weighted by Gasteiger charge is -2.18. The Morgan fingerprint density at radius 1 is 1.40 bits per heavy atom. The standard InChI is InChI=1S/C13H14N2O4S/c14-11-9(20-4-3-10(16)17)2-1-7-5-8(13(18)19)6-15-12(7)11/h1-2,6,8H,3-5,14H2,(H,16,17)(H,18,19). The van der Waals surface area contributed by atoms with Gasteiger partial charge in [-0.05, 0) is 18.1 Å². The quantitative estimate of drug-likeness (QED) is 0.563. The van der Waals surface area contributed by atoms with Gasteiger partial charge in [0.15, 0.2) is 0 Å². The van der Waals surface area contributed by atoms with Crippen molar-refractivity contribution in [1.29, 1.82) is 0 Å². The number of carboxylic acid groups (broad SMARTS) is 2. The van der Waals surface area contributed by atoms with Crippen LogP contribution in [0.25, 0.3) is 0 Å². The third-order valence-corrected chi connectivity index (χ3v) is 4.05. The normalized spacial score (nSPS) is 16.7. The summed E-state index contributed by atoms with van der Waals surface area (Å²) in [4.78, 5) is 26.3. The van der Waals surface area contributed by atoms with Gasteiger partial charge in [0.1, 0.15) is 0 Å². The molecule has 106 valence electrons. The summed E-state index contributed by atoms with van der Waals surface area (Å²) in [6, 6.07) is 3.60. The van der Waals surface area contributed by atoms with Crippen molar-refractivity contribution < 1.29 is 19.8 Å². The number of rotatable bonds is 5. The first-order valence-corrected chi connectivity index (χ1v) is 7.00. The maximum atomic E-state index is 10.9. The minimum absolute atomic E-state index is 0.0611. The molecule has 0 aromatic heterocycles. The molecule has 1 aliphatic rings. The van der Waals surface area contributed by atoms with Crippen LogP contribution in [0.2, 0.25) is 0 Å². The van der Waals surface area contributed by atoms with E-state index in [1.54, 1.807) is 12.1 Å². The molecule has 0 amide bonds. The van der Waals surface area contributed by atoms with Gasteiger partial charge in [0.25, 0.3) is 0 Å². The topological polar surface area (TPSA) is 113 Å². The van der Waals surface area contributed by atoms with Crippen molar-refractivity contribution in [2.75, 3.05) is 11.5 Å². The van der Waals surface area contributed by atoms with E-state index in [1.807, 2.05) is 0 Å². The number of aliphatic imine (C=N–C) groups is 1. The number of hydrogen-bond acceptors (Lipinski definition) is 5. The Balaban J connectivity index is 2.17. The van der Waals surface area contributed by atoms with Crippen LogP contribution in [-0.4, -0.2) is 34.1 Å². The number of nitrogen functional groups attached to an aromatic ring is 1. The van der Waals surface area contributed by atoms with E-state index in [0.29, 0.717) is 23.5 Å². The Bertz CT molecular complexity index is 586. The van der Waals surface area contributed by atoms with Gasteiger partial charge in [-0.1, -0.05) is 6.07 Å². The van der Waals surface area contributed by atoms with Crippen molar-refractivity contribution >= 4 is 41.3 Å².